The van der Waals surface area contributed by atoms with Gasteiger partial charge in [-0.3, -0.25) is 9.69 Å². The number of aliphatic hydroxyl groups is 1. The van der Waals surface area contributed by atoms with Gasteiger partial charge in [0.05, 0.1) is 0 Å². The van der Waals surface area contributed by atoms with E-state index in [9.17, 15) is 4.79 Å². The topological polar surface area (TPSA) is 40.5 Å². The maximum atomic E-state index is 12.3. The van der Waals surface area contributed by atoms with Crippen molar-refractivity contribution in [3.05, 3.63) is 0 Å². The van der Waals surface area contributed by atoms with Crippen LogP contribution in [0.2, 0.25) is 0 Å². The van der Waals surface area contributed by atoms with E-state index in [1.54, 1.807) is 0 Å². The fourth-order valence-electron chi connectivity index (χ4n) is 3.68. The third-order valence-electron chi connectivity index (χ3n) is 5.05. The summed E-state index contributed by atoms with van der Waals surface area (Å²) in [5.74, 6) is 1.79. The van der Waals surface area contributed by atoms with E-state index in [-0.39, 0.29) is 12.5 Å². The molecular weight excluding hydrogens is 238 g/mol. The smallest absolute Gasteiger partial charge is 0.137 e. The first-order valence-electron chi connectivity index (χ1n) is 7.99. The molecule has 2 aliphatic carbocycles. The molecule has 3 unspecified atom stereocenters. The van der Waals surface area contributed by atoms with Crippen molar-refractivity contribution in [2.24, 2.45) is 17.8 Å². The Morgan fingerprint density at radius 1 is 1.32 bits per heavy atom. The van der Waals surface area contributed by atoms with Gasteiger partial charge in [0.1, 0.15) is 5.78 Å². The van der Waals surface area contributed by atoms with Gasteiger partial charge in [0.2, 0.25) is 0 Å². The van der Waals surface area contributed by atoms with Crippen molar-refractivity contribution >= 4 is 5.78 Å². The molecule has 0 aliphatic heterocycles. The highest BCUT2D eigenvalue weighted by Gasteiger charge is 2.35. The molecule has 0 aromatic rings. The van der Waals surface area contributed by atoms with Crippen LogP contribution < -0.4 is 0 Å². The molecule has 1 N–H and O–H groups in total. The van der Waals surface area contributed by atoms with Crippen molar-refractivity contribution < 1.29 is 9.90 Å². The molecule has 0 amide bonds. The summed E-state index contributed by atoms with van der Waals surface area (Å²) in [6.07, 6.45) is 6.67. The Bertz CT molecular complexity index is 301. The van der Waals surface area contributed by atoms with E-state index in [1.165, 1.54) is 25.7 Å². The van der Waals surface area contributed by atoms with Crippen molar-refractivity contribution in [2.75, 3.05) is 19.7 Å². The second-order valence-electron chi connectivity index (χ2n) is 6.75. The molecule has 3 heteroatoms. The van der Waals surface area contributed by atoms with Crippen LogP contribution >= 0.6 is 0 Å². The Morgan fingerprint density at radius 3 is 2.58 bits per heavy atom. The first-order chi connectivity index (χ1) is 9.11. The normalized spacial score (nSPS) is 32.6. The number of rotatable bonds is 6. The number of carbonyl (C=O) groups excluding carboxylic acids is 1. The standard InChI is InChI=1S/C16H29NO2/c1-12-9-13(2)15(16(19)10-12)11-17(7-4-8-18)14-5-3-6-14/h12-15,18H,3-11H2,1-2H3. The average molecular weight is 267 g/mol. The Morgan fingerprint density at radius 2 is 2.05 bits per heavy atom. The third kappa shape index (κ3) is 3.79. The van der Waals surface area contributed by atoms with E-state index in [0.29, 0.717) is 23.7 Å². The summed E-state index contributed by atoms with van der Waals surface area (Å²) in [6.45, 7) is 6.57. The molecule has 0 aromatic heterocycles. The fraction of sp³-hybridized carbons (Fsp3) is 0.938. The number of aliphatic hydroxyl groups excluding tert-OH is 1. The van der Waals surface area contributed by atoms with Gasteiger partial charge < -0.3 is 5.11 Å². The molecule has 0 saturated heterocycles. The number of Topliss-reactive ketones (excluding diaryl/α,β-unsaturated/α-hetero) is 1. The van der Waals surface area contributed by atoms with Gasteiger partial charge in [-0.1, -0.05) is 20.3 Å². The van der Waals surface area contributed by atoms with Crippen LogP contribution in [0.4, 0.5) is 0 Å². The molecule has 2 saturated carbocycles. The van der Waals surface area contributed by atoms with Crippen LogP contribution in [0.15, 0.2) is 0 Å². The predicted octanol–water partition coefficient (Wildman–Crippen LogP) is 2.47. The van der Waals surface area contributed by atoms with E-state index < -0.39 is 0 Å². The zero-order chi connectivity index (χ0) is 13.8. The molecule has 0 bridgehead atoms. The van der Waals surface area contributed by atoms with Crippen molar-refractivity contribution in [3.63, 3.8) is 0 Å². The Balaban J connectivity index is 1.92. The molecule has 3 atom stereocenters. The molecule has 0 spiro atoms. The fourth-order valence-corrected chi connectivity index (χ4v) is 3.68. The molecule has 0 radical (unpaired) electrons. The lowest BCUT2D eigenvalue weighted by atomic mass is 9.74. The first-order valence-corrected chi connectivity index (χ1v) is 7.99. The summed E-state index contributed by atoms with van der Waals surface area (Å²) in [4.78, 5) is 14.8. The summed E-state index contributed by atoms with van der Waals surface area (Å²) in [5, 5.41) is 9.04. The lowest BCUT2D eigenvalue weighted by molar-refractivity contribution is -0.129. The highest BCUT2D eigenvalue weighted by Crippen LogP contribution is 2.33. The van der Waals surface area contributed by atoms with E-state index in [0.717, 1.165) is 25.9 Å². The largest absolute Gasteiger partial charge is 0.396 e. The van der Waals surface area contributed by atoms with Gasteiger partial charge in [-0.05, 0) is 37.5 Å². The Labute approximate surface area is 117 Å². The second-order valence-corrected chi connectivity index (χ2v) is 6.75. The van der Waals surface area contributed by atoms with Crippen molar-refractivity contribution in [1.29, 1.82) is 0 Å². The molecule has 19 heavy (non-hydrogen) atoms. The lowest BCUT2D eigenvalue weighted by Crippen LogP contribution is -2.47. The minimum Gasteiger partial charge on any atom is -0.396 e. The second kappa shape index (κ2) is 6.85. The number of hydrogen-bond acceptors (Lipinski definition) is 3. The van der Waals surface area contributed by atoms with Crippen LogP contribution in [-0.2, 0) is 4.79 Å². The summed E-state index contributed by atoms with van der Waals surface area (Å²) >= 11 is 0. The van der Waals surface area contributed by atoms with Gasteiger partial charge in [0.25, 0.3) is 0 Å². The van der Waals surface area contributed by atoms with Gasteiger partial charge in [-0.25, -0.2) is 0 Å². The number of hydrogen-bond donors (Lipinski definition) is 1. The summed E-state index contributed by atoms with van der Waals surface area (Å²) in [5.41, 5.74) is 0. The van der Waals surface area contributed by atoms with E-state index in [4.69, 9.17) is 5.11 Å². The minimum absolute atomic E-state index is 0.232. The van der Waals surface area contributed by atoms with Crippen LogP contribution in [0.25, 0.3) is 0 Å². The SMILES string of the molecule is CC1CC(=O)C(CN(CCCO)C2CCC2)C(C)C1. The van der Waals surface area contributed by atoms with Crippen LogP contribution in [0.1, 0.15) is 52.4 Å². The van der Waals surface area contributed by atoms with Crippen LogP contribution in [0.5, 0.6) is 0 Å². The van der Waals surface area contributed by atoms with Gasteiger partial charge in [-0.2, -0.15) is 0 Å². The van der Waals surface area contributed by atoms with Crippen molar-refractivity contribution in [1.82, 2.24) is 4.90 Å². The predicted molar refractivity (Wildman–Crippen MR) is 77.0 cm³/mol. The molecule has 0 heterocycles. The molecule has 3 nitrogen and oxygen atoms in total. The molecule has 2 aliphatic rings. The van der Waals surface area contributed by atoms with E-state index >= 15 is 0 Å². The number of nitrogens with zero attached hydrogens (tertiary/aromatic N) is 1. The van der Waals surface area contributed by atoms with E-state index in [2.05, 4.69) is 18.7 Å². The first kappa shape index (κ1) is 15.0. The number of carbonyl (C=O) groups is 1. The third-order valence-corrected chi connectivity index (χ3v) is 5.05. The van der Waals surface area contributed by atoms with Crippen LogP contribution in [0, 0.1) is 17.8 Å². The summed E-state index contributed by atoms with van der Waals surface area (Å²) < 4.78 is 0. The average Bonchev–Trinajstić information content (AvgIpc) is 2.27. The monoisotopic (exact) mass is 267 g/mol. The highest BCUT2D eigenvalue weighted by molar-refractivity contribution is 5.82. The minimum atomic E-state index is 0.232. The highest BCUT2D eigenvalue weighted by atomic mass is 16.3. The van der Waals surface area contributed by atoms with Crippen LogP contribution in [-0.4, -0.2) is 41.5 Å². The lowest BCUT2D eigenvalue weighted by Gasteiger charge is -2.42. The molecule has 0 aromatic carbocycles. The molecule has 2 fully saturated rings. The van der Waals surface area contributed by atoms with E-state index in [1.807, 2.05) is 0 Å². The van der Waals surface area contributed by atoms with Gasteiger partial charge in [0, 0.05) is 38.1 Å². The van der Waals surface area contributed by atoms with Crippen molar-refractivity contribution in [2.45, 2.75) is 58.4 Å². The van der Waals surface area contributed by atoms with Gasteiger partial charge in [-0.15, -0.1) is 0 Å². The Kier molecular flexibility index (Phi) is 5.40. The zero-order valence-corrected chi connectivity index (χ0v) is 12.5. The maximum Gasteiger partial charge on any atom is 0.137 e. The van der Waals surface area contributed by atoms with Gasteiger partial charge >= 0.3 is 0 Å². The maximum absolute atomic E-state index is 12.3. The zero-order valence-electron chi connectivity index (χ0n) is 12.5. The molecular formula is C16H29NO2. The quantitative estimate of drug-likeness (QED) is 0.803. The number of ketones is 1. The summed E-state index contributed by atoms with van der Waals surface area (Å²) in [6, 6.07) is 0.672. The Hall–Kier alpha value is -0.410. The molecule has 110 valence electrons. The van der Waals surface area contributed by atoms with Crippen molar-refractivity contribution in [3.8, 4) is 0 Å². The van der Waals surface area contributed by atoms with Crippen LogP contribution in [0.3, 0.4) is 0 Å². The van der Waals surface area contributed by atoms with Gasteiger partial charge in [0.15, 0.2) is 0 Å². The summed E-state index contributed by atoms with van der Waals surface area (Å²) in [7, 11) is 0. The molecule has 2 rings (SSSR count).